The van der Waals surface area contributed by atoms with Gasteiger partial charge in [0.15, 0.2) is 33.8 Å². The van der Waals surface area contributed by atoms with Gasteiger partial charge in [-0.25, -0.2) is 26.7 Å². The van der Waals surface area contributed by atoms with Crippen LogP contribution in [0.5, 0.6) is 0 Å². The normalized spacial score (nSPS) is 11.8. The topological polar surface area (TPSA) is 74.0 Å². The highest BCUT2D eigenvalue weighted by Crippen LogP contribution is 2.31. The second-order valence-electron chi connectivity index (χ2n) is 5.27. The lowest BCUT2D eigenvalue weighted by molar-refractivity contribution is -0.343. The lowest BCUT2D eigenvalue weighted by Gasteiger charge is -2.32. The average molecular weight is 416 g/mol. The van der Waals surface area contributed by atoms with Gasteiger partial charge >= 0.3 is 6.03 Å². The number of rotatable bonds is 10. The number of primary amides is 1. The van der Waals surface area contributed by atoms with E-state index in [1.54, 1.807) is 13.8 Å². The lowest BCUT2D eigenvalue weighted by Crippen LogP contribution is -2.42. The van der Waals surface area contributed by atoms with Gasteiger partial charge in [0.05, 0.1) is 0 Å². The summed E-state index contributed by atoms with van der Waals surface area (Å²) in [7, 11) is 0.237. The van der Waals surface area contributed by atoms with E-state index in [-0.39, 0.29) is 41.4 Å². The molecule has 154 valence electrons. The van der Waals surface area contributed by atoms with E-state index in [1.807, 2.05) is 0 Å². The molecule has 0 fully saturated rings. The Morgan fingerprint density at radius 3 is 1.81 bits per heavy atom. The second-order valence-corrected chi connectivity index (χ2v) is 5.67. The van der Waals surface area contributed by atoms with Crippen LogP contribution in [0.25, 0.3) is 0 Å². The number of hydrogen-bond donors (Lipinski definition) is 1. The van der Waals surface area contributed by atoms with Crippen molar-refractivity contribution >= 4 is 22.2 Å². The Kier molecular flexibility index (Phi) is 8.59. The van der Waals surface area contributed by atoms with Crippen LogP contribution in [0.4, 0.5) is 32.4 Å². The van der Waals surface area contributed by atoms with Gasteiger partial charge in [-0.2, -0.15) is 0 Å². The van der Waals surface area contributed by atoms with Gasteiger partial charge in [0.2, 0.25) is 5.82 Å². The molecular weight excluding hydrogens is 395 g/mol. The van der Waals surface area contributed by atoms with Crippen LogP contribution in [0.1, 0.15) is 26.7 Å². The molecule has 0 aromatic heterocycles. The van der Waals surface area contributed by atoms with Crippen LogP contribution in [0.3, 0.4) is 0 Å². The molecule has 0 radical (unpaired) electrons. The van der Waals surface area contributed by atoms with E-state index < -0.39 is 53.3 Å². The number of hydrogen-bond acceptors (Lipinski definition) is 4. The number of urea groups is 1. The van der Waals surface area contributed by atoms with Crippen molar-refractivity contribution in [2.24, 2.45) is 5.73 Å². The number of nitrogens with two attached hydrogens (primary N) is 1. The Bertz CT molecular complexity index is 645. The van der Waals surface area contributed by atoms with Crippen LogP contribution >= 0.6 is 0 Å². The molecule has 27 heavy (non-hydrogen) atoms. The van der Waals surface area contributed by atoms with E-state index in [0.29, 0.717) is 0 Å². The summed E-state index contributed by atoms with van der Waals surface area (Å²) in [6.45, 7) is 3.40. The third kappa shape index (κ3) is 5.15. The van der Waals surface area contributed by atoms with Gasteiger partial charge in [0, 0.05) is 26.2 Å². The number of ether oxygens (including phenoxy) is 2. The molecule has 12 heteroatoms. The van der Waals surface area contributed by atoms with Gasteiger partial charge in [-0.05, 0) is 20.3 Å². The Balaban J connectivity index is 3.11. The highest BCUT2D eigenvalue weighted by Gasteiger charge is 2.33. The molecule has 1 aromatic rings. The quantitative estimate of drug-likeness (QED) is 0.208. The molecule has 0 aliphatic heterocycles. The number of halogens is 5. The molecule has 6 nitrogen and oxygen atoms in total. The van der Waals surface area contributed by atoms with E-state index in [1.165, 1.54) is 0 Å². The van der Waals surface area contributed by atoms with Crippen molar-refractivity contribution in [2.45, 2.75) is 32.7 Å². The summed E-state index contributed by atoms with van der Waals surface area (Å²) in [4.78, 5) is 11.8. The van der Waals surface area contributed by atoms with Crippen LogP contribution < -0.4 is 10.6 Å². The van der Waals surface area contributed by atoms with Crippen molar-refractivity contribution in [3.8, 4) is 0 Å². The SMILES string of the molecule is CCOC(CCCN(C(N)=O)c1c(F)c(F)c(F)c(F)c1F)(O[SiH3])OCC. The van der Waals surface area contributed by atoms with Gasteiger partial charge in [-0.15, -0.1) is 0 Å². The van der Waals surface area contributed by atoms with Crippen LogP contribution in [0, 0.1) is 29.1 Å². The van der Waals surface area contributed by atoms with Gasteiger partial charge in [-0.1, -0.05) is 0 Å². The number of carbonyl (C=O) groups excluding carboxylic acids is 1. The van der Waals surface area contributed by atoms with Crippen LogP contribution in [-0.2, 0) is 13.9 Å². The Morgan fingerprint density at radius 2 is 1.44 bits per heavy atom. The monoisotopic (exact) mass is 416 g/mol. The third-order valence-electron chi connectivity index (χ3n) is 3.63. The molecular formula is C15H21F5N2O4Si. The molecule has 2 N–H and O–H groups in total. The molecule has 0 spiro atoms. The zero-order valence-corrected chi connectivity index (χ0v) is 17.1. The first-order valence-electron chi connectivity index (χ1n) is 8.07. The van der Waals surface area contributed by atoms with E-state index >= 15 is 0 Å². The number of amides is 2. The summed E-state index contributed by atoms with van der Waals surface area (Å²) in [5.41, 5.74) is 3.66. The standard InChI is InChI=1S/C15H21F5N2O4Si/c1-3-24-15(26-27,25-4-2)6-5-7-22(14(21)23)13-11(19)9(17)8(16)10(18)12(13)20/h3-7H2,1-2,27H3,(H2,21,23). The highest BCUT2D eigenvalue weighted by molar-refractivity contribution is 5.98. The fourth-order valence-corrected chi connectivity index (χ4v) is 2.90. The third-order valence-corrected chi connectivity index (χ3v) is 4.25. The van der Waals surface area contributed by atoms with Crippen LogP contribution in [0.2, 0.25) is 0 Å². The molecule has 0 saturated heterocycles. The molecule has 1 aromatic carbocycles. The summed E-state index contributed by atoms with van der Waals surface area (Å²) >= 11 is 0. The van der Waals surface area contributed by atoms with E-state index in [2.05, 4.69) is 0 Å². The maximum absolute atomic E-state index is 13.9. The van der Waals surface area contributed by atoms with E-state index in [0.717, 1.165) is 0 Å². The fraction of sp³-hybridized carbons (Fsp3) is 0.533. The maximum Gasteiger partial charge on any atom is 0.319 e. The zero-order valence-electron chi connectivity index (χ0n) is 15.1. The number of benzene rings is 1. The summed E-state index contributed by atoms with van der Waals surface area (Å²) in [5.74, 6) is -12.4. The Hall–Kier alpha value is -1.76. The predicted octanol–water partition coefficient (Wildman–Crippen LogP) is 2.07. The van der Waals surface area contributed by atoms with Crippen molar-refractivity contribution in [1.29, 1.82) is 0 Å². The molecule has 2 amide bonds. The molecule has 1 rings (SSSR count). The van der Waals surface area contributed by atoms with Gasteiger partial charge in [0.25, 0.3) is 5.97 Å². The number of carbonyl (C=O) groups is 1. The highest BCUT2D eigenvalue weighted by atomic mass is 28.2. The van der Waals surface area contributed by atoms with Gasteiger partial charge in [-0.3, -0.25) is 4.90 Å². The van der Waals surface area contributed by atoms with Crippen LogP contribution in [-0.4, -0.2) is 42.2 Å². The maximum atomic E-state index is 13.9. The smallest absolute Gasteiger partial charge is 0.319 e. The van der Waals surface area contributed by atoms with Crippen molar-refractivity contribution in [2.75, 3.05) is 24.7 Å². The number of nitrogens with zero attached hydrogens (tertiary/aromatic N) is 1. The summed E-state index contributed by atoms with van der Waals surface area (Å²) in [5, 5.41) is 0. The minimum absolute atomic E-state index is 0.0231. The molecule has 0 heterocycles. The second kappa shape index (κ2) is 9.97. The molecule has 0 aliphatic carbocycles. The van der Waals surface area contributed by atoms with E-state index in [4.69, 9.17) is 19.6 Å². The molecule has 0 atom stereocenters. The Morgan fingerprint density at radius 1 is 1.00 bits per heavy atom. The fourth-order valence-electron chi connectivity index (χ4n) is 2.46. The largest absolute Gasteiger partial charge is 0.380 e. The minimum atomic E-state index is -2.32. The summed E-state index contributed by atoms with van der Waals surface area (Å²) < 4.78 is 84.0. The van der Waals surface area contributed by atoms with Crippen molar-refractivity contribution < 1.29 is 40.6 Å². The first-order chi connectivity index (χ1) is 12.7. The molecule has 0 bridgehead atoms. The lowest BCUT2D eigenvalue weighted by atomic mass is 10.2. The van der Waals surface area contributed by atoms with Crippen molar-refractivity contribution in [1.82, 2.24) is 0 Å². The van der Waals surface area contributed by atoms with Crippen molar-refractivity contribution in [3.05, 3.63) is 29.1 Å². The molecule has 0 saturated carbocycles. The molecule has 0 aliphatic rings. The van der Waals surface area contributed by atoms with Crippen LogP contribution in [0.15, 0.2) is 0 Å². The minimum Gasteiger partial charge on any atom is -0.380 e. The zero-order chi connectivity index (χ0) is 20.8. The summed E-state index contributed by atoms with van der Waals surface area (Å²) in [6, 6.07) is -1.39. The first kappa shape index (κ1) is 23.3. The van der Waals surface area contributed by atoms with Gasteiger partial charge < -0.3 is 19.6 Å². The predicted molar refractivity (Wildman–Crippen MR) is 89.4 cm³/mol. The number of anilines is 1. The van der Waals surface area contributed by atoms with Crippen molar-refractivity contribution in [3.63, 3.8) is 0 Å². The summed E-state index contributed by atoms with van der Waals surface area (Å²) in [6.07, 6.45) is 0.00202. The molecule has 0 unspecified atom stereocenters. The average Bonchev–Trinajstić information content (AvgIpc) is 2.63. The van der Waals surface area contributed by atoms with E-state index in [9.17, 15) is 26.7 Å². The Labute approximate surface area is 155 Å². The van der Waals surface area contributed by atoms with Gasteiger partial charge in [0.1, 0.15) is 5.69 Å². The first-order valence-corrected chi connectivity index (χ1v) is 8.88.